The Bertz CT molecular complexity index is 800. The molecule has 0 aliphatic rings. The van der Waals surface area contributed by atoms with Gasteiger partial charge in [-0.25, -0.2) is 13.1 Å². The van der Waals surface area contributed by atoms with Crippen molar-refractivity contribution in [2.75, 3.05) is 11.9 Å². The van der Waals surface area contributed by atoms with Crippen molar-refractivity contribution in [2.45, 2.75) is 18.1 Å². The Morgan fingerprint density at radius 3 is 2.59 bits per heavy atom. The number of sulfonamides is 1. The summed E-state index contributed by atoms with van der Waals surface area (Å²) >= 11 is 4.30. The van der Waals surface area contributed by atoms with E-state index in [-0.39, 0.29) is 10.8 Å². The van der Waals surface area contributed by atoms with Crippen LogP contribution in [-0.4, -0.2) is 20.9 Å². The van der Waals surface area contributed by atoms with Gasteiger partial charge in [-0.05, 0) is 59.1 Å². The van der Waals surface area contributed by atoms with Crippen LogP contribution in [0.2, 0.25) is 0 Å². The third-order valence-corrected chi connectivity index (χ3v) is 6.63. The maximum absolute atomic E-state index is 12.0. The van der Waals surface area contributed by atoms with Gasteiger partial charge in [0.25, 0.3) is 10.0 Å². The van der Waals surface area contributed by atoms with E-state index in [0.717, 1.165) is 22.5 Å². The number of nitrogens with one attached hydrogen (secondary N) is 2. The van der Waals surface area contributed by atoms with Crippen LogP contribution in [0.1, 0.15) is 11.1 Å². The summed E-state index contributed by atoms with van der Waals surface area (Å²) in [7, 11) is -3.67. The van der Waals surface area contributed by atoms with Gasteiger partial charge in [-0.2, -0.15) is 0 Å². The number of rotatable bonds is 5. The summed E-state index contributed by atoms with van der Waals surface area (Å²) in [6, 6.07) is 8.70. The molecular weight excluding hydrogens is 388 g/mol. The van der Waals surface area contributed by atoms with E-state index in [1.165, 1.54) is 6.07 Å². The number of anilines is 1. The highest BCUT2D eigenvalue weighted by atomic mass is 79.9. The highest BCUT2D eigenvalue weighted by molar-refractivity contribution is 9.11. The molecule has 22 heavy (non-hydrogen) atoms. The fourth-order valence-corrected chi connectivity index (χ4v) is 4.79. The number of hydrogen-bond donors (Lipinski definition) is 2. The number of halogens is 1. The normalized spacial score (nSPS) is 11.4. The van der Waals surface area contributed by atoms with Gasteiger partial charge in [0.2, 0.25) is 5.91 Å². The molecule has 0 bridgehead atoms. The van der Waals surface area contributed by atoms with Crippen molar-refractivity contribution in [1.82, 2.24) is 4.72 Å². The van der Waals surface area contributed by atoms with Crippen molar-refractivity contribution >= 4 is 48.9 Å². The van der Waals surface area contributed by atoms with Crippen LogP contribution in [0.3, 0.4) is 0 Å². The highest BCUT2D eigenvalue weighted by Gasteiger charge is 2.17. The molecular formula is C14H15BrN2O3S2. The molecule has 0 aliphatic heterocycles. The quantitative estimate of drug-likeness (QED) is 0.806. The third kappa shape index (κ3) is 4.16. The zero-order valence-corrected chi connectivity index (χ0v) is 15.2. The topological polar surface area (TPSA) is 75.3 Å². The van der Waals surface area contributed by atoms with Gasteiger partial charge in [0.15, 0.2) is 0 Å². The fourth-order valence-electron chi connectivity index (χ4n) is 1.75. The molecule has 2 N–H and O–H groups in total. The number of benzene rings is 1. The van der Waals surface area contributed by atoms with Crippen LogP contribution in [-0.2, 0) is 14.8 Å². The summed E-state index contributed by atoms with van der Waals surface area (Å²) in [5.74, 6) is -0.409. The van der Waals surface area contributed by atoms with Gasteiger partial charge < -0.3 is 5.32 Å². The monoisotopic (exact) mass is 402 g/mol. The molecule has 0 saturated heterocycles. The van der Waals surface area contributed by atoms with E-state index in [1.54, 1.807) is 12.1 Å². The molecule has 0 unspecified atom stereocenters. The van der Waals surface area contributed by atoms with E-state index in [0.29, 0.717) is 9.47 Å². The molecule has 1 aromatic heterocycles. The molecule has 0 aliphatic carbocycles. The second kappa shape index (κ2) is 6.91. The van der Waals surface area contributed by atoms with Gasteiger partial charge in [0, 0.05) is 5.69 Å². The molecule has 1 heterocycles. The zero-order valence-electron chi connectivity index (χ0n) is 12.0. The maximum atomic E-state index is 12.0. The summed E-state index contributed by atoms with van der Waals surface area (Å²) in [5, 5.41) is 2.71. The summed E-state index contributed by atoms with van der Waals surface area (Å²) in [6.45, 7) is 3.53. The molecule has 0 atom stereocenters. The van der Waals surface area contributed by atoms with Crippen LogP contribution >= 0.6 is 27.3 Å². The average molecular weight is 403 g/mol. The molecule has 0 fully saturated rings. The Morgan fingerprint density at radius 1 is 1.23 bits per heavy atom. The second-order valence-electron chi connectivity index (χ2n) is 4.68. The Hall–Kier alpha value is -1.22. The smallest absolute Gasteiger partial charge is 0.250 e. The Morgan fingerprint density at radius 2 is 1.95 bits per heavy atom. The Balaban J connectivity index is 2.00. The minimum Gasteiger partial charge on any atom is -0.325 e. The first-order valence-corrected chi connectivity index (χ1v) is 9.50. The van der Waals surface area contributed by atoms with Gasteiger partial charge in [-0.15, -0.1) is 11.3 Å². The molecule has 0 saturated carbocycles. The predicted molar refractivity (Wildman–Crippen MR) is 91.8 cm³/mol. The lowest BCUT2D eigenvalue weighted by atomic mass is 10.1. The molecule has 0 spiro atoms. The number of thiophene rings is 1. The number of aryl methyl sites for hydroxylation is 1. The molecule has 8 heteroatoms. The zero-order chi connectivity index (χ0) is 16.3. The Labute approximate surface area is 141 Å². The van der Waals surface area contributed by atoms with Gasteiger partial charge in [0.05, 0.1) is 10.3 Å². The van der Waals surface area contributed by atoms with Crippen LogP contribution in [0.25, 0.3) is 0 Å². The summed E-state index contributed by atoms with van der Waals surface area (Å²) < 4.78 is 27.2. The average Bonchev–Trinajstić information content (AvgIpc) is 2.89. The highest BCUT2D eigenvalue weighted by Crippen LogP contribution is 2.25. The number of carbonyl (C=O) groups is 1. The molecule has 2 aromatic rings. The van der Waals surface area contributed by atoms with Crippen molar-refractivity contribution in [1.29, 1.82) is 0 Å². The van der Waals surface area contributed by atoms with Crippen LogP contribution in [0, 0.1) is 13.8 Å². The summed E-state index contributed by atoms with van der Waals surface area (Å²) in [6.07, 6.45) is 0. The lowest BCUT2D eigenvalue weighted by molar-refractivity contribution is -0.115. The summed E-state index contributed by atoms with van der Waals surface area (Å²) in [4.78, 5) is 11.9. The van der Waals surface area contributed by atoms with Crippen molar-refractivity contribution in [3.05, 3.63) is 45.2 Å². The van der Waals surface area contributed by atoms with E-state index in [2.05, 4.69) is 26.0 Å². The lowest BCUT2D eigenvalue weighted by Gasteiger charge is -2.10. The lowest BCUT2D eigenvalue weighted by Crippen LogP contribution is -2.32. The van der Waals surface area contributed by atoms with Crippen molar-refractivity contribution in [3.8, 4) is 0 Å². The SMILES string of the molecule is Cc1cccc(NC(=O)CNS(=O)(=O)c2ccc(Br)s2)c1C. The molecule has 1 amide bonds. The first-order valence-electron chi connectivity index (χ1n) is 6.40. The predicted octanol–water partition coefficient (Wildman–Crippen LogP) is 3.04. The number of hydrogen-bond acceptors (Lipinski definition) is 4. The van der Waals surface area contributed by atoms with Crippen molar-refractivity contribution in [2.24, 2.45) is 0 Å². The standard InChI is InChI=1S/C14H15BrN2O3S2/c1-9-4-3-5-11(10(9)2)17-13(18)8-16-22(19,20)14-7-6-12(15)21-14/h3-7,16H,8H2,1-2H3,(H,17,18). The molecule has 1 aromatic carbocycles. The van der Waals surface area contributed by atoms with E-state index in [1.807, 2.05) is 26.0 Å². The first kappa shape index (κ1) is 17.1. The van der Waals surface area contributed by atoms with Gasteiger partial charge in [0.1, 0.15) is 4.21 Å². The minimum absolute atomic E-state index is 0.166. The van der Waals surface area contributed by atoms with E-state index in [9.17, 15) is 13.2 Å². The van der Waals surface area contributed by atoms with E-state index < -0.39 is 15.9 Å². The minimum atomic E-state index is -3.67. The van der Waals surface area contributed by atoms with Gasteiger partial charge in [-0.1, -0.05) is 12.1 Å². The van der Waals surface area contributed by atoms with E-state index >= 15 is 0 Å². The molecule has 2 rings (SSSR count). The van der Waals surface area contributed by atoms with Crippen molar-refractivity contribution < 1.29 is 13.2 Å². The summed E-state index contributed by atoms with van der Waals surface area (Å²) in [5.41, 5.74) is 2.70. The van der Waals surface area contributed by atoms with Crippen LogP contribution in [0.15, 0.2) is 38.3 Å². The fraction of sp³-hybridized carbons (Fsp3) is 0.214. The number of amides is 1. The van der Waals surface area contributed by atoms with Crippen LogP contribution in [0.5, 0.6) is 0 Å². The first-order chi connectivity index (χ1) is 10.3. The second-order valence-corrected chi connectivity index (χ2v) is 9.14. The molecule has 0 radical (unpaired) electrons. The Kier molecular flexibility index (Phi) is 5.38. The van der Waals surface area contributed by atoms with Gasteiger partial charge >= 0.3 is 0 Å². The van der Waals surface area contributed by atoms with Crippen LogP contribution < -0.4 is 10.0 Å². The molecule has 118 valence electrons. The maximum Gasteiger partial charge on any atom is 0.250 e. The number of carbonyl (C=O) groups excluding carboxylic acids is 1. The third-order valence-electron chi connectivity index (χ3n) is 3.11. The largest absolute Gasteiger partial charge is 0.325 e. The van der Waals surface area contributed by atoms with Gasteiger partial charge in [-0.3, -0.25) is 4.79 Å². The van der Waals surface area contributed by atoms with E-state index in [4.69, 9.17) is 0 Å². The van der Waals surface area contributed by atoms with Crippen molar-refractivity contribution in [3.63, 3.8) is 0 Å². The van der Waals surface area contributed by atoms with Crippen LogP contribution in [0.4, 0.5) is 5.69 Å². The molecule has 5 nitrogen and oxygen atoms in total.